The van der Waals surface area contributed by atoms with E-state index in [-0.39, 0.29) is 11.5 Å². The zero-order valence-corrected chi connectivity index (χ0v) is 16.4. The molecule has 0 aliphatic carbocycles. The molecule has 0 aromatic heterocycles. The number of benzene rings is 1. The van der Waals surface area contributed by atoms with Crippen LogP contribution in [0.1, 0.15) is 29.8 Å². The minimum atomic E-state index is -1.62. The SMILES string of the molecule is Cc1ccc2c(c1Cl)C(=O)N(SC(Cl)(Cl)C(Cl)Cl)C(C)(C)O2. The first-order chi connectivity index (χ1) is 9.97. The molecule has 1 aliphatic rings. The van der Waals surface area contributed by atoms with Gasteiger partial charge in [-0.25, -0.2) is 4.31 Å². The summed E-state index contributed by atoms with van der Waals surface area (Å²) in [6.07, 6.45) is 0. The van der Waals surface area contributed by atoms with Crippen molar-refractivity contribution in [2.45, 2.75) is 35.0 Å². The predicted octanol–water partition coefficient (Wildman–Crippen LogP) is 5.80. The predicted molar refractivity (Wildman–Crippen MR) is 94.6 cm³/mol. The Kier molecular flexibility index (Phi) is 5.34. The summed E-state index contributed by atoms with van der Waals surface area (Å²) >= 11 is 30.7. The van der Waals surface area contributed by atoms with E-state index in [1.165, 1.54) is 4.31 Å². The highest BCUT2D eigenvalue weighted by atomic mass is 35.5. The number of rotatable bonds is 3. The number of aryl methyl sites for hydroxylation is 1. The fourth-order valence-corrected chi connectivity index (χ4v) is 3.56. The summed E-state index contributed by atoms with van der Waals surface area (Å²) < 4.78 is 5.53. The van der Waals surface area contributed by atoms with Gasteiger partial charge in [0.05, 0.1) is 5.02 Å². The maximum atomic E-state index is 12.8. The van der Waals surface area contributed by atoms with Crippen molar-refractivity contribution in [1.82, 2.24) is 4.31 Å². The maximum absolute atomic E-state index is 12.8. The lowest BCUT2D eigenvalue weighted by molar-refractivity contribution is -0.00320. The lowest BCUT2D eigenvalue weighted by Crippen LogP contribution is -2.52. The second-order valence-electron chi connectivity index (χ2n) is 5.17. The van der Waals surface area contributed by atoms with Crippen LogP contribution < -0.4 is 4.74 Å². The summed E-state index contributed by atoms with van der Waals surface area (Å²) in [5.74, 6) is 0.0371. The Labute approximate surface area is 158 Å². The van der Waals surface area contributed by atoms with Crippen LogP contribution in [-0.2, 0) is 0 Å². The van der Waals surface area contributed by atoms with Gasteiger partial charge in [-0.2, -0.15) is 0 Å². The van der Waals surface area contributed by atoms with Crippen molar-refractivity contribution in [3.8, 4) is 5.75 Å². The van der Waals surface area contributed by atoms with E-state index in [1.54, 1.807) is 32.9 Å². The van der Waals surface area contributed by atoms with Gasteiger partial charge in [0, 0.05) is 0 Å². The molecule has 22 heavy (non-hydrogen) atoms. The molecule has 0 saturated heterocycles. The van der Waals surface area contributed by atoms with Crippen LogP contribution in [0.15, 0.2) is 12.1 Å². The molecule has 2 rings (SSSR count). The number of ether oxygens (including phenoxy) is 1. The standard InChI is InChI=1S/C13H12Cl5NO2S/c1-6-4-5-7-8(9(6)14)10(20)19(12(2,3)21-7)22-13(17,18)11(15)16/h4-5,11H,1-3H3. The highest BCUT2D eigenvalue weighted by molar-refractivity contribution is 8.01. The summed E-state index contributed by atoms with van der Waals surface area (Å²) in [6, 6.07) is 3.49. The van der Waals surface area contributed by atoms with Gasteiger partial charge in [-0.05, 0) is 44.3 Å². The Morgan fingerprint density at radius 2 is 1.91 bits per heavy atom. The van der Waals surface area contributed by atoms with Crippen molar-refractivity contribution in [3.63, 3.8) is 0 Å². The highest BCUT2D eigenvalue weighted by Gasteiger charge is 2.47. The molecule has 0 radical (unpaired) electrons. The molecule has 0 N–H and O–H groups in total. The van der Waals surface area contributed by atoms with E-state index < -0.39 is 14.2 Å². The molecular formula is C13H12Cl5NO2S. The first-order valence-corrected chi connectivity index (χ1v) is 8.93. The van der Waals surface area contributed by atoms with E-state index in [0.717, 1.165) is 17.5 Å². The van der Waals surface area contributed by atoms with Gasteiger partial charge in [0.2, 0.25) is 3.67 Å². The molecular weight excluding hydrogens is 411 g/mol. The average Bonchev–Trinajstić information content (AvgIpc) is 2.38. The normalized spacial score (nSPS) is 17.5. The van der Waals surface area contributed by atoms with Crippen LogP contribution in [-0.4, -0.2) is 24.4 Å². The van der Waals surface area contributed by atoms with Crippen LogP contribution in [0.5, 0.6) is 5.75 Å². The number of halogens is 5. The zero-order valence-electron chi connectivity index (χ0n) is 11.8. The topological polar surface area (TPSA) is 29.5 Å². The van der Waals surface area contributed by atoms with Gasteiger partial charge in [-0.1, -0.05) is 40.9 Å². The van der Waals surface area contributed by atoms with Gasteiger partial charge in [-0.3, -0.25) is 4.79 Å². The lowest BCUT2D eigenvalue weighted by atomic mass is 10.1. The van der Waals surface area contributed by atoms with Gasteiger partial charge in [0.1, 0.15) is 11.3 Å². The van der Waals surface area contributed by atoms with E-state index in [0.29, 0.717) is 10.8 Å². The molecule has 0 bridgehead atoms. The number of hydrogen-bond acceptors (Lipinski definition) is 3. The Bertz CT molecular complexity index is 621. The Hall–Kier alpha value is 0.290. The Morgan fingerprint density at radius 3 is 2.45 bits per heavy atom. The van der Waals surface area contributed by atoms with Crippen LogP contribution in [0.4, 0.5) is 0 Å². The molecule has 0 atom stereocenters. The molecule has 3 nitrogen and oxygen atoms in total. The summed E-state index contributed by atoms with van der Waals surface area (Å²) in [6.45, 7) is 5.21. The molecule has 1 amide bonds. The monoisotopic (exact) mass is 421 g/mol. The van der Waals surface area contributed by atoms with Crippen LogP contribution in [0.25, 0.3) is 0 Å². The largest absolute Gasteiger partial charge is 0.467 e. The molecule has 1 aromatic rings. The van der Waals surface area contributed by atoms with Crippen LogP contribution >= 0.6 is 70.0 Å². The van der Waals surface area contributed by atoms with Gasteiger partial charge in [0.15, 0.2) is 10.6 Å². The number of carbonyl (C=O) groups is 1. The summed E-state index contributed by atoms with van der Waals surface area (Å²) in [4.78, 5) is 11.7. The molecule has 0 saturated carbocycles. The van der Waals surface area contributed by atoms with E-state index >= 15 is 0 Å². The fourth-order valence-electron chi connectivity index (χ4n) is 1.92. The number of nitrogens with zero attached hydrogens (tertiary/aromatic N) is 1. The van der Waals surface area contributed by atoms with Crippen LogP contribution in [0, 0.1) is 6.92 Å². The molecule has 1 aliphatic heterocycles. The highest BCUT2D eigenvalue weighted by Crippen LogP contribution is 2.50. The van der Waals surface area contributed by atoms with E-state index in [1.807, 2.05) is 0 Å². The molecule has 122 valence electrons. The van der Waals surface area contributed by atoms with Crippen molar-refractivity contribution >= 4 is 75.9 Å². The molecule has 1 aromatic carbocycles. The average molecular weight is 424 g/mol. The van der Waals surface area contributed by atoms with Crippen LogP contribution in [0.3, 0.4) is 0 Å². The molecule has 0 unspecified atom stereocenters. The summed E-state index contributed by atoms with van der Waals surface area (Å²) in [7, 11) is 0. The van der Waals surface area contributed by atoms with E-state index in [9.17, 15) is 4.79 Å². The number of fused-ring (bicyclic) bond motifs is 1. The maximum Gasteiger partial charge on any atom is 0.272 e. The quantitative estimate of drug-likeness (QED) is 0.454. The van der Waals surface area contributed by atoms with Crippen molar-refractivity contribution < 1.29 is 9.53 Å². The first kappa shape index (κ1) is 18.6. The third-order valence-electron chi connectivity index (χ3n) is 3.01. The second-order valence-corrected chi connectivity index (χ2v) is 9.67. The van der Waals surface area contributed by atoms with Gasteiger partial charge in [0.25, 0.3) is 5.91 Å². The molecule has 0 fully saturated rings. The molecule has 9 heteroatoms. The van der Waals surface area contributed by atoms with E-state index in [2.05, 4.69) is 0 Å². The van der Waals surface area contributed by atoms with Crippen LogP contribution in [0.2, 0.25) is 5.02 Å². The van der Waals surface area contributed by atoms with Gasteiger partial charge in [-0.15, -0.1) is 23.2 Å². The van der Waals surface area contributed by atoms with Crippen molar-refractivity contribution in [1.29, 1.82) is 0 Å². The first-order valence-electron chi connectivity index (χ1n) is 6.15. The Balaban J connectivity index is 2.48. The number of alkyl halides is 4. The zero-order chi connectivity index (χ0) is 16.9. The molecule has 1 heterocycles. The summed E-state index contributed by atoms with van der Waals surface area (Å²) in [5, 5.41) is 0.326. The minimum absolute atomic E-state index is 0.262. The third-order valence-corrected chi connectivity index (χ3v) is 6.98. The van der Waals surface area contributed by atoms with Crippen molar-refractivity contribution in [2.24, 2.45) is 0 Å². The third kappa shape index (κ3) is 3.38. The number of amides is 1. The smallest absolute Gasteiger partial charge is 0.272 e. The van der Waals surface area contributed by atoms with Gasteiger partial charge >= 0.3 is 0 Å². The summed E-state index contributed by atoms with van der Waals surface area (Å²) in [5.41, 5.74) is 0.0151. The molecule has 0 spiro atoms. The fraction of sp³-hybridized carbons (Fsp3) is 0.462. The van der Waals surface area contributed by atoms with E-state index in [4.69, 9.17) is 62.7 Å². The minimum Gasteiger partial charge on any atom is -0.467 e. The van der Waals surface area contributed by atoms with Crippen molar-refractivity contribution in [3.05, 3.63) is 28.3 Å². The van der Waals surface area contributed by atoms with Crippen molar-refractivity contribution in [2.75, 3.05) is 0 Å². The van der Waals surface area contributed by atoms with Gasteiger partial charge < -0.3 is 4.74 Å². The second kappa shape index (κ2) is 6.30. The Morgan fingerprint density at radius 1 is 1.32 bits per heavy atom. The number of hydrogen-bond donors (Lipinski definition) is 0. The lowest BCUT2D eigenvalue weighted by Gasteiger charge is -2.43. The number of carbonyl (C=O) groups excluding carboxylic acids is 1.